The van der Waals surface area contributed by atoms with Crippen molar-refractivity contribution < 1.29 is 58.0 Å². The van der Waals surface area contributed by atoms with Gasteiger partial charge in [0.1, 0.15) is 6.61 Å². The lowest BCUT2D eigenvalue weighted by Crippen LogP contribution is -2.43. The molecule has 0 spiro atoms. The van der Waals surface area contributed by atoms with Crippen molar-refractivity contribution in [3.05, 3.63) is 24.3 Å². The summed E-state index contributed by atoms with van der Waals surface area (Å²) in [5.74, 6) is -0.610. The minimum Gasteiger partial charge on any atom is -0.462 e. The predicted molar refractivity (Wildman–Crippen MR) is 201 cm³/mol. The van der Waals surface area contributed by atoms with Crippen LogP contribution in [-0.4, -0.2) is 81.0 Å². The maximum absolute atomic E-state index is 12.4. The molecule has 0 saturated carbocycles. The average molecular weight is 763 g/mol. The Morgan fingerprint density at radius 3 is 2.08 bits per heavy atom. The quantitative estimate of drug-likeness (QED) is 0.0202. The van der Waals surface area contributed by atoms with Gasteiger partial charge in [-0.25, -0.2) is 4.57 Å². The van der Waals surface area contributed by atoms with Crippen LogP contribution in [0.5, 0.6) is 0 Å². The summed E-state index contributed by atoms with van der Waals surface area (Å²) in [7, 11) is -4.82. The molecule has 1 fully saturated rings. The molecule has 0 aromatic heterocycles. The standard InChI is InChI=1S/C39H71O12P/c1-4-5-16-22-32(40)26-27-36-34(35(41)28-39(44)51-36)23-18-14-15-19-24-37(42)48-29-33(30-49-52(45,46)47)50-38(43)25-20-13-11-9-7-6-8-10-12-17-21-31(2)3/h14,18,26-27,31-36,39-41,44H,4-13,15-17,19-25,28-30H2,1-3H3,(H2,45,46,47)/b18-14-,27-26+/t32-,33+,34-,35-,36+,39?/m0/s1. The molecular weight excluding hydrogens is 691 g/mol. The molecule has 1 unspecified atom stereocenters. The minimum absolute atomic E-state index is 0.0745. The highest BCUT2D eigenvalue weighted by molar-refractivity contribution is 7.46. The fourth-order valence-electron chi connectivity index (χ4n) is 6.13. The number of hydrogen-bond donors (Lipinski definition) is 5. The normalized spacial score (nSPS) is 20.9. The van der Waals surface area contributed by atoms with Crippen LogP contribution >= 0.6 is 7.82 Å². The van der Waals surface area contributed by atoms with Gasteiger partial charge in [-0.2, -0.15) is 0 Å². The van der Waals surface area contributed by atoms with E-state index in [0.29, 0.717) is 32.1 Å². The molecule has 0 aromatic carbocycles. The Morgan fingerprint density at radius 2 is 1.44 bits per heavy atom. The van der Waals surface area contributed by atoms with Crippen molar-refractivity contribution in [1.82, 2.24) is 0 Å². The number of esters is 2. The van der Waals surface area contributed by atoms with Crippen LogP contribution in [-0.2, 0) is 32.9 Å². The number of ether oxygens (including phenoxy) is 3. The Hall–Kier alpha value is -1.63. The van der Waals surface area contributed by atoms with Gasteiger partial charge in [-0.1, -0.05) is 129 Å². The predicted octanol–water partition coefficient (Wildman–Crippen LogP) is 7.59. The highest BCUT2D eigenvalue weighted by Gasteiger charge is 2.35. The molecule has 0 radical (unpaired) electrons. The van der Waals surface area contributed by atoms with Crippen molar-refractivity contribution in [1.29, 1.82) is 0 Å². The van der Waals surface area contributed by atoms with E-state index in [9.17, 15) is 29.5 Å². The van der Waals surface area contributed by atoms with Crippen LogP contribution in [0.3, 0.4) is 0 Å². The lowest BCUT2D eigenvalue weighted by Gasteiger charge is -2.36. The molecule has 1 aliphatic heterocycles. The van der Waals surface area contributed by atoms with Gasteiger partial charge in [0.05, 0.1) is 24.9 Å². The van der Waals surface area contributed by atoms with E-state index < -0.39 is 57.1 Å². The fourth-order valence-corrected chi connectivity index (χ4v) is 6.49. The summed E-state index contributed by atoms with van der Waals surface area (Å²) < 4.78 is 31.9. The molecule has 5 N–H and O–H groups in total. The molecule has 0 aromatic rings. The number of aliphatic hydroxyl groups is 3. The van der Waals surface area contributed by atoms with Gasteiger partial charge in [0.15, 0.2) is 12.4 Å². The summed E-state index contributed by atoms with van der Waals surface area (Å²) in [5, 5.41) is 30.8. The highest BCUT2D eigenvalue weighted by atomic mass is 31.2. The number of unbranched alkanes of at least 4 members (excludes halogenated alkanes) is 12. The lowest BCUT2D eigenvalue weighted by atomic mass is 9.87. The molecule has 304 valence electrons. The van der Waals surface area contributed by atoms with Gasteiger partial charge in [0.2, 0.25) is 0 Å². The maximum Gasteiger partial charge on any atom is 0.469 e. The van der Waals surface area contributed by atoms with E-state index in [2.05, 4.69) is 25.3 Å². The Morgan fingerprint density at radius 1 is 0.827 bits per heavy atom. The summed E-state index contributed by atoms with van der Waals surface area (Å²) in [5.41, 5.74) is 0. The van der Waals surface area contributed by atoms with E-state index in [-0.39, 0.29) is 31.8 Å². The zero-order chi connectivity index (χ0) is 38.6. The van der Waals surface area contributed by atoms with E-state index in [1.807, 2.05) is 12.2 Å². The molecule has 12 nitrogen and oxygen atoms in total. The first-order chi connectivity index (χ1) is 24.8. The molecule has 52 heavy (non-hydrogen) atoms. The van der Waals surface area contributed by atoms with Crippen LogP contribution in [0.1, 0.15) is 156 Å². The topological polar surface area (TPSA) is 189 Å². The van der Waals surface area contributed by atoms with Crippen molar-refractivity contribution in [2.24, 2.45) is 11.8 Å². The van der Waals surface area contributed by atoms with Crippen LogP contribution in [0.25, 0.3) is 0 Å². The molecule has 1 rings (SSSR count). The third kappa shape index (κ3) is 27.0. The SMILES string of the molecule is CCCCC[C@H](O)/C=C/[C@H]1OC(O)C[C@H](O)[C@@H]1C/C=C\CCCC(=O)OC[C@H](COP(=O)(O)O)OC(=O)CCCCCCCCCCCCC(C)C. The molecular formula is C39H71O12P. The van der Waals surface area contributed by atoms with Crippen LogP contribution in [0.4, 0.5) is 0 Å². The van der Waals surface area contributed by atoms with Crippen LogP contribution < -0.4 is 0 Å². The van der Waals surface area contributed by atoms with Gasteiger partial charge >= 0.3 is 19.8 Å². The van der Waals surface area contributed by atoms with E-state index in [1.165, 1.54) is 44.9 Å². The van der Waals surface area contributed by atoms with Crippen LogP contribution in [0.2, 0.25) is 0 Å². The second-order valence-corrected chi connectivity index (χ2v) is 15.9. The number of rotatable bonds is 31. The highest BCUT2D eigenvalue weighted by Crippen LogP contribution is 2.36. The zero-order valence-corrected chi connectivity index (χ0v) is 33.0. The number of aliphatic hydroxyl groups excluding tert-OH is 3. The number of hydrogen-bond acceptors (Lipinski definition) is 10. The molecule has 0 amide bonds. The number of allylic oxidation sites excluding steroid dienone is 2. The summed E-state index contributed by atoms with van der Waals surface area (Å²) in [6.45, 7) is 5.63. The molecule has 6 atom stereocenters. The minimum atomic E-state index is -4.82. The van der Waals surface area contributed by atoms with E-state index in [0.717, 1.165) is 44.4 Å². The molecule has 1 heterocycles. The van der Waals surface area contributed by atoms with Crippen molar-refractivity contribution >= 4 is 19.8 Å². The third-order valence-electron chi connectivity index (χ3n) is 9.20. The third-order valence-corrected chi connectivity index (χ3v) is 9.68. The first-order valence-electron chi connectivity index (χ1n) is 19.9. The van der Waals surface area contributed by atoms with Crippen molar-refractivity contribution in [2.45, 2.75) is 186 Å². The first kappa shape index (κ1) is 48.4. The van der Waals surface area contributed by atoms with Crippen LogP contribution in [0.15, 0.2) is 24.3 Å². The van der Waals surface area contributed by atoms with Gasteiger partial charge in [-0.15, -0.1) is 0 Å². The van der Waals surface area contributed by atoms with E-state index in [1.54, 1.807) is 12.2 Å². The maximum atomic E-state index is 12.4. The fraction of sp³-hybridized carbons (Fsp3) is 0.846. The summed E-state index contributed by atoms with van der Waals surface area (Å²) in [6.07, 6.45) is 21.1. The Kier molecular flexibility index (Phi) is 27.6. The molecule has 0 aliphatic carbocycles. The second kappa shape index (κ2) is 29.7. The van der Waals surface area contributed by atoms with Crippen molar-refractivity contribution in [3.63, 3.8) is 0 Å². The van der Waals surface area contributed by atoms with Gasteiger partial charge in [-0.3, -0.25) is 14.1 Å². The van der Waals surface area contributed by atoms with Crippen molar-refractivity contribution in [2.75, 3.05) is 13.2 Å². The number of phosphoric acid groups is 1. The Balaban J connectivity index is 2.36. The number of phosphoric ester groups is 1. The Bertz CT molecular complexity index is 1030. The average Bonchev–Trinajstić information content (AvgIpc) is 3.07. The molecule has 1 saturated heterocycles. The Labute approximate surface area is 313 Å². The molecule has 1 aliphatic rings. The molecule has 0 bridgehead atoms. The lowest BCUT2D eigenvalue weighted by molar-refractivity contribution is -0.199. The van der Waals surface area contributed by atoms with E-state index >= 15 is 0 Å². The monoisotopic (exact) mass is 762 g/mol. The smallest absolute Gasteiger partial charge is 0.462 e. The number of carbonyl (C=O) groups excluding carboxylic acids is 2. The van der Waals surface area contributed by atoms with Gasteiger partial charge < -0.3 is 39.3 Å². The van der Waals surface area contributed by atoms with Gasteiger partial charge in [0, 0.05) is 25.2 Å². The second-order valence-electron chi connectivity index (χ2n) is 14.6. The zero-order valence-electron chi connectivity index (χ0n) is 32.2. The van der Waals surface area contributed by atoms with E-state index in [4.69, 9.17) is 24.0 Å². The number of carbonyl (C=O) groups is 2. The first-order valence-corrected chi connectivity index (χ1v) is 21.4. The van der Waals surface area contributed by atoms with Crippen molar-refractivity contribution in [3.8, 4) is 0 Å². The summed E-state index contributed by atoms with van der Waals surface area (Å²) in [6, 6.07) is 0. The van der Waals surface area contributed by atoms with Gasteiger partial charge in [-0.05, 0) is 38.0 Å². The largest absolute Gasteiger partial charge is 0.469 e. The van der Waals surface area contributed by atoms with Crippen LogP contribution in [0, 0.1) is 11.8 Å². The summed E-state index contributed by atoms with van der Waals surface area (Å²) >= 11 is 0. The summed E-state index contributed by atoms with van der Waals surface area (Å²) in [4.78, 5) is 43.0. The molecule has 13 heteroatoms. The van der Waals surface area contributed by atoms with Gasteiger partial charge in [0.25, 0.3) is 0 Å².